The van der Waals surface area contributed by atoms with Gasteiger partial charge in [0.25, 0.3) is 0 Å². The zero-order valence-electron chi connectivity index (χ0n) is 7.81. The molecule has 0 N–H and O–H groups in total. The van der Waals surface area contributed by atoms with Crippen molar-refractivity contribution in [1.82, 2.24) is 5.01 Å². The molecule has 14 heavy (non-hydrogen) atoms. The lowest BCUT2D eigenvalue weighted by atomic mass is 10.3. The minimum atomic E-state index is 0.843. The summed E-state index contributed by atoms with van der Waals surface area (Å²) < 4.78 is 0. The molecule has 74 valence electrons. The molecule has 0 unspecified atom stereocenters. The maximum Gasteiger partial charge on any atom is 0.117 e. The maximum atomic E-state index is 4.29. The van der Waals surface area contributed by atoms with Crippen LogP contribution in [0.5, 0.6) is 0 Å². The first-order chi connectivity index (χ1) is 6.90. The van der Waals surface area contributed by atoms with Gasteiger partial charge in [-0.2, -0.15) is 5.10 Å². The topological polar surface area (TPSA) is 18.8 Å². The highest BCUT2D eigenvalue weighted by molar-refractivity contribution is 9.09. The number of alkyl halides is 1. The third kappa shape index (κ3) is 2.07. The molecule has 1 aromatic carbocycles. The number of nitrogens with zero attached hydrogens (tertiary/aromatic N) is 3. The Labute approximate surface area is 92.1 Å². The van der Waals surface area contributed by atoms with Crippen LogP contribution in [0.1, 0.15) is 0 Å². The van der Waals surface area contributed by atoms with Crippen LogP contribution in [0.2, 0.25) is 0 Å². The summed E-state index contributed by atoms with van der Waals surface area (Å²) >= 11 is 3.40. The first-order valence-electron chi connectivity index (χ1n) is 4.57. The van der Waals surface area contributed by atoms with Crippen molar-refractivity contribution in [3.8, 4) is 0 Å². The second kappa shape index (κ2) is 4.46. The summed E-state index contributed by atoms with van der Waals surface area (Å²) in [6.45, 7) is 1.79. The third-order valence-electron chi connectivity index (χ3n) is 2.10. The molecule has 1 heterocycles. The van der Waals surface area contributed by atoms with Crippen LogP contribution in [0.4, 0.5) is 5.69 Å². The Morgan fingerprint density at radius 1 is 1.29 bits per heavy atom. The van der Waals surface area contributed by atoms with E-state index in [0.29, 0.717) is 0 Å². The Morgan fingerprint density at radius 3 is 2.79 bits per heavy atom. The molecule has 0 fully saturated rings. The Morgan fingerprint density at radius 2 is 2.07 bits per heavy atom. The number of hydrogen-bond acceptors (Lipinski definition) is 3. The smallest absolute Gasteiger partial charge is 0.117 e. The quantitative estimate of drug-likeness (QED) is 0.769. The highest BCUT2D eigenvalue weighted by Gasteiger charge is 2.13. The average molecular weight is 254 g/mol. The van der Waals surface area contributed by atoms with Crippen LogP contribution >= 0.6 is 15.9 Å². The van der Waals surface area contributed by atoms with E-state index in [1.54, 1.807) is 0 Å². The Kier molecular flexibility index (Phi) is 3.03. The highest BCUT2D eigenvalue weighted by atomic mass is 79.9. The molecule has 0 bridgehead atoms. The van der Waals surface area contributed by atoms with Crippen molar-refractivity contribution in [1.29, 1.82) is 0 Å². The summed E-state index contributed by atoms with van der Waals surface area (Å²) in [7, 11) is 0. The van der Waals surface area contributed by atoms with Crippen molar-refractivity contribution in [2.24, 2.45) is 5.10 Å². The molecule has 0 saturated heterocycles. The fraction of sp³-hybridized carbons (Fsp3) is 0.300. The highest BCUT2D eigenvalue weighted by Crippen LogP contribution is 2.15. The average Bonchev–Trinajstić information content (AvgIpc) is 2.68. The van der Waals surface area contributed by atoms with Gasteiger partial charge in [-0.3, -0.25) is 5.01 Å². The van der Waals surface area contributed by atoms with Crippen molar-refractivity contribution in [2.75, 3.05) is 23.4 Å². The number of halogens is 1. The van der Waals surface area contributed by atoms with E-state index in [2.05, 4.69) is 38.1 Å². The molecule has 1 aromatic rings. The number of hydrazone groups is 1. The molecule has 2 rings (SSSR count). The van der Waals surface area contributed by atoms with Crippen molar-refractivity contribution in [3.05, 3.63) is 30.3 Å². The van der Waals surface area contributed by atoms with Gasteiger partial charge in [-0.15, -0.1) is 0 Å². The lowest BCUT2D eigenvalue weighted by molar-refractivity contribution is 0.341. The summed E-state index contributed by atoms with van der Waals surface area (Å²) in [5, 5.41) is 7.27. The van der Waals surface area contributed by atoms with E-state index in [-0.39, 0.29) is 0 Å². The molecule has 0 saturated carbocycles. The number of benzene rings is 1. The minimum absolute atomic E-state index is 0.843. The monoisotopic (exact) mass is 253 g/mol. The van der Waals surface area contributed by atoms with Crippen LogP contribution in [0.15, 0.2) is 35.4 Å². The Balaban J connectivity index is 2.00. The molecule has 4 heteroatoms. The fourth-order valence-electron chi connectivity index (χ4n) is 1.38. The zero-order valence-corrected chi connectivity index (χ0v) is 9.39. The van der Waals surface area contributed by atoms with Gasteiger partial charge in [0.1, 0.15) is 13.0 Å². The van der Waals surface area contributed by atoms with E-state index < -0.39 is 0 Å². The number of rotatable bonds is 3. The molecular weight excluding hydrogens is 242 g/mol. The van der Waals surface area contributed by atoms with Crippen LogP contribution in [-0.2, 0) is 0 Å². The van der Waals surface area contributed by atoms with E-state index in [1.165, 1.54) is 5.69 Å². The van der Waals surface area contributed by atoms with Gasteiger partial charge < -0.3 is 4.90 Å². The Bertz CT molecular complexity index is 312. The first-order valence-corrected chi connectivity index (χ1v) is 5.69. The van der Waals surface area contributed by atoms with Crippen molar-refractivity contribution in [3.63, 3.8) is 0 Å². The predicted molar refractivity (Wildman–Crippen MR) is 62.8 cm³/mol. The lowest BCUT2D eigenvalue weighted by Crippen LogP contribution is -2.27. The summed E-state index contributed by atoms with van der Waals surface area (Å²) in [6.07, 6.45) is 1.87. The van der Waals surface area contributed by atoms with Gasteiger partial charge in [-0.25, -0.2) is 0 Å². The van der Waals surface area contributed by atoms with E-state index >= 15 is 0 Å². The first kappa shape index (κ1) is 9.52. The van der Waals surface area contributed by atoms with Crippen molar-refractivity contribution < 1.29 is 0 Å². The largest absolute Gasteiger partial charge is 0.311 e. The van der Waals surface area contributed by atoms with Crippen LogP contribution in [-0.4, -0.2) is 29.9 Å². The summed E-state index contributed by atoms with van der Waals surface area (Å²) in [5.74, 6) is 0. The second-order valence-electron chi connectivity index (χ2n) is 3.10. The molecule has 0 aliphatic carbocycles. The maximum absolute atomic E-state index is 4.29. The van der Waals surface area contributed by atoms with Gasteiger partial charge in [0, 0.05) is 17.6 Å². The second-order valence-corrected chi connectivity index (χ2v) is 3.89. The molecule has 0 spiro atoms. The van der Waals surface area contributed by atoms with E-state index in [4.69, 9.17) is 0 Å². The standard InChI is InChI=1S/C10H12BrN3/c11-6-7-14-9-13(8-12-14)10-4-2-1-3-5-10/h1-5,8H,6-7,9H2. The fourth-order valence-corrected chi connectivity index (χ4v) is 1.79. The lowest BCUT2D eigenvalue weighted by Gasteiger charge is -2.17. The van der Waals surface area contributed by atoms with E-state index in [9.17, 15) is 0 Å². The molecule has 0 amide bonds. The minimum Gasteiger partial charge on any atom is -0.311 e. The molecule has 1 aliphatic heterocycles. The van der Waals surface area contributed by atoms with E-state index in [1.807, 2.05) is 29.5 Å². The number of hydrogen-bond donors (Lipinski definition) is 0. The van der Waals surface area contributed by atoms with Gasteiger partial charge in [0.2, 0.25) is 0 Å². The summed E-state index contributed by atoms with van der Waals surface area (Å²) in [5.41, 5.74) is 1.19. The number of anilines is 1. The van der Waals surface area contributed by atoms with Crippen molar-refractivity contribution in [2.45, 2.75) is 0 Å². The molecule has 0 radical (unpaired) electrons. The molecule has 1 aliphatic rings. The van der Waals surface area contributed by atoms with Crippen LogP contribution in [0.25, 0.3) is 0 Å². The Hall–Kier alpha value is -1.03. The van der Waals surface area contributed by atoms with Crippen LogP contribution in [0.3, 0.4) is 0 Å². The zero-order chi connectivity index (χ0) is 9.80. The molecule has 0 atom stereocenters. The molecular formula is C10H12BrN3. The van der Waals surface area contributed by atoms with Crippen LogP contribution < -0.4 is 4.90 Å². The van der Waals surface area contributed by atoms with Crippen LogP contribution in [0, 0.1) is 0 Å². The van der Waals surface area contributed by atoms with Gasteiger partial charge >= 0.3 is 0 Å². The van der Waals surface area contributed by atoms with E-state index in [0.717, 1.165) is 18.5 Å². The predicted octanol–water partition coefficient (Wildman–Crippen LogP) is 2.10. The SMILES string of the molecule is BrCCN1CN(c2ccccc2)C=N1. The normalized spacial score (nSPS) is 15.2. The van der Waals surface area contributed by atoms with Gasteiger partial charge in [0.05, 0.1) is 0 Å². The summed E-state index contributed by atoms with van der Waals surface area (Å²) in [4.78, 5) is 2.13. The molecule has 0 aromatic heterocycles. The summed E-state index contributed by atoms with van der Waals surface area (Å²) in [6, 6.07) is 10.3. The van der Waals surface area contributed by atoms with Gasteiger partial charge in [-0.1, -0.05) is 34.1 Å². The molecule has 3 nitrogen and oxygen atoms in total. The van der Waals surface area contributed by atoms with Gasteiger partial charge in [-0.05, 0) is 12.1 Å². The number of para-hydroxylation sites is 1. The van der Waals surface area contributed by atoms with Gasteiger partial charge in [0.15, 0.2) is 0 Å². The van der Waals surface area contributed by atoms with Crippen molar-refractivity contribution >= 4 is 28.0 Å². The third-order valence-corrected chi connectivity index (χ3v) is 2.46.